The molecule has 0 radical (unpaired) electrons. The molecule has 1 saturated heterocycles. The second kappa shape index (κ2) is 9.86. The van der Waals surface area contributed by atoms with Gasteiger partial charge in [-0.2, -0.15) is 0 Å². The first-order chi connectivity index (χ1) is 14.5. The number of para-hydroxylation sites is 1. The van der Waals surface area contributed by atoms with E-state index in [0.717, 1.165) is 0 Å². The van der Waals surface area contributed by atoms with Gasteiger partial charge in [-0.1, -0.05) is 59.7 Å². The van der Waals surface area contributed by atoms with Crippen LogP contribution in [0.3, 0.4) is 0 Å². The van der Waals surface area contributed by atoms with Crippen molar-refractivity contribution in [3.63, 3.8) is 0 Å². The van der Waals surface area contributed by atoms with Gasteiger partial charge in [0.2, 0.25) is 6.29 Å². The van der Waals surface area contributed by atoms with Crippen molar-refractivity contribution in [2.45, 2.75) is 109 Å². The highest BCUT2D eigenvalue weighted by Crippen LogP contribution is 2.41. The van der Waals surface area contributed by atoms with E-state index in [1.807, 2.05) is 18.2 Å². The van der Waals surface area contributed by atoms with Gasteiger partial charge in [-0.25, -0.2) is 0 Å². The van der Waals surface area contributed by atoms with Gasteiger partial charge < -0.3 is 28.5 Å². The molecule has 2 N–H and O–H groups in total. The van der Waals surface area contributed by atoms with E-state index in [9.17, 15) is 10.2 Å². The van der Waals surface area contributed by atoms with E-state index in [1.54, 1.807) is 12.1 Å². The zero-order valence-electron chi connectivity index (χ0n) is 21.5. The SMILES string of the molecule is CC(C)(C)[Si](C)(C)OC[C@H]1O[C@@H](Oc2ccccc2)[C@H](O)[C@@H](O)[C@@H]1O[Si](C)(C)C(C)(C)C. The maximum absolute atomic E-state index is 11.1. The first kappa shape index (κ1) is 27.5. The van der Waals surface area contributed by atoms with Crippen LogP contribution in [-0.2, 0) is 13.6 Å². The summed E-state index contributed by atoms with van der Waals surface area (Å²) < 4.78 is 25.1. The van der Waals surface area contributed by atoms with Crippen LogP contribution in [0.25, 0.3) is 0 Å². The molecule has 184 valence electrons. The largest absolute Gasteiger partial charge is 0.462 e. The molecule has 1 aliphatic heterocycles. The van der Waals surface area contributed by atoms with Gasteiger partial charge in [-0.3, -0.25) is 0 Å². The molecule has 1 aromatic rings. The Labute approximate surface area is 196 Å². The monoisotopic (exact) mass is 484 g/mol. The van der Waals surface area contributed by atoms with E-state index in [-0.39, 0.29) is 16.7 Å². The van der Waals surface area contributed by atoms with E-state index in [2.05, 4.69) is 67.7 Å². The number of benzene rings is 1. The predicted octanol–water partition coefficient (Wildman–Crippen LogP) is 4.92. The van der Waals surface area contributed by atoms with Gasteiger partial charge in [-0.05, 0) is 48.4 Å². The Bertz CT molecular complexity index is 726. The summed E-state index contributed by atoms with van der Waals surface area (Å²) in [6, 6.07) is 9.17. The summed E-state index contributed by atoms with van der Waals surface area (Å²) >= 11 is 0. The number of aliphatic hydroxyl groups is 2. The standard InChI is InChI=1S/C24H44O6Si2/c1-23(2,3)31(7,8)27-16-18-21(30-32(9,10)24(4,5)6)19(25)20(26)22(29-18)28-17-14-12-11-13-15-17/h11-15,18-22,25-26H,16H2,1-10H3/t18-,19-,20-,21-,22-/m1/s1. The van der Waals surface area contributed by atoms with Crippen LogP contribution in [0.2, 0.25) is 36.3 Å². The molecule has 5 atom stereocenters. The lowest BCUT2D eigenvalue weighted by molar-refractivity contribution is -0.273. The molecule has 6 nitrogen and oxygen atoms in total. The van der Waals surface area contributed by atoms with Gasteiger partial charge in [0, 0.05) is 0 Å². The molecular weight excluding hydrogens is 440 g/mol. The van der Waals surface area contributed by atoms with Crippen LogP contribution in [0, 0.1) is 0 Å². The number of hydrogen-bond acceptors (Lipinski definition) is 6. The second-order valence-corrected chi connectivity index (χ2v) is 21.4. The normalized spacial score (nSPS) is 27.9. The van der Waals surface area contributed by atoms with Crippen LogP contribution < -0.4 is 4.74 Å². The molecular formula is C24H44O6Si2. The van der Waals surface area contributed by atoms with Crippen LogP contribution in [0.5, 0.6) is 5.75 Å². The Morgan fingerprint density at radius 3 is 1.88 bits per heavy atom. The minimum absolute atomic E-state index is 0.0372. The molecule has 1 aliphatic rings. The molecule has 0 bridgehead atoms. The molecule has 0 aliphatic carbocycles. The fraction of sp³-hybridized carbons (Fsp3) is 0.750. The zero-order chi connectivity index (χ0) is 24.5. The molecule has 2 rings (SSSR count). The van der Waals surface area contributed by atoms with Gasteiger partial charge in [0.25, 0.3) is 0 Å². The average Bonchev–Trinajstić information content (AvgIpc) is 2.65. The highest BCUT2D eigenvalue weighted by Gasteiger charge is 2.51. The van der Waals surface area contributed by atoms with Gasteiger partial charge >= 0.3 is 0 Å². The van der Waals surface area contributed by atoms with E-state index in [1.165, 1.54) is 0 Å². The van der Waals surface area contributed by atoms with Crippen molar-refractivity contribution < 1.29 is 28.5 Å². The van der Waals surface area contributed by atoms with Gasteiger partial charge in [0.05, 0.1) is 6.61 Å². The van der Waals surface area contributed by atoms with E-state index >= 15 is 0 Å². The molecule has 1 fully saturated rings. The first-order valence-corrected chi connectivity index (χ1v) is 17.3. The fourth-order valence-electron chi connectivity index (χ4n) is 2.94. The summed E-state index contributed by atoms with van der Waals surface area (Å²) in [5.74, 6) is 0.566. The number of ether oxygens (including phenoxy) is 2. The summed E-state index contributed by atoms with van der Waals surface area (Å²) in [5.41, 5.74) is 0. The predicted molar refractivity (Wildman–Crippen MR) is 133 cm³/mol. The minimum atomic E-state index is -2.25. The maximum Gasteiger partial charge on any atom is 0.229 e. The Morgan fingerprint density at radius 2 is 1.38 bits per heavy atom. The first-order valence-electron chi connectivity index (χ1n) is 11.5. The lowest BCUT2D eigenvalue weighted by Gasteiger charge is -2.48. The van der Waals surface area contributed by atoms with Gasteiger partial charge in [0.15, 0.2) is 16.6 Å². The lowest BCUT2D eigenvalue weighted by Crippen LogP contribution is -2.64. The molecule has 8 heteroatoms. The maximum atomic E-state index is 11.1. The Kier molecular flexibility index (Phi) is 8.47. The Balaban J connectivity index is 2.29. The van der Waals surface area contributed by atoms with Gasteiger partial charge in [0.1, 0.15) is 30.2 Å². The van der Waals surface area contributed by atoms with Crippen molar-refractivity contribution in [3.05, 3.63) is 30.3 Å². The quantitative estimate of drug-likeness (QED) is 0.535. The highest BCUT2D eigenvalue weighted by atomic mass is 28.4. The van der Waals surface area contributed by atoms with Gasteiger partial charge in [-0.15, -0.1) is 0 Å². The van der Waals surface area contributed by atoms with E-state index < -0.39 is 47.3 Å². The molecule has 0 unspecified atom stereocenters. The number of aliphatic hydroxyl groups excluding tert-OH is 2. The molecule has 0 aromatic heterocycles. The van der Waals surface area contributed by atoms with Crippen molar-refractivity contribution in [3.8, 4) is 5.75 Å². The van der Waals surface area contributed by atoms with Crippen LogP contribution in [0.15, 0.2) is 30.3 Å². The number of rotatable bonds is 7. The topological polar surface area (TPSA) is 77.4 Å². The van der Waals surface area contributed by atoms with Crippen molar-refractivity contribution >= 4 is 16.6 Å². The summed E-state index contributed by atoms with van der Waals surface area (Å²) in [6.07, 6.45) is -4.68. The van der Waals surface area contributed by atoms with Crippen LogP contribution in [0.1, 0.15) is 41.5 Å². The lowest BCUT2D eigenvalue weighted by atomic mass is 9.99. The Morgan fingerprint density at radius 1 is 0.844 bits per heavy atom. The Hall–Kier alpha value is -0.746. The smallest absolute Gasteiger partial charge is 0.229 e. The molecule has 1 aromatic carbocycles. The second-order valence-electron chi connectivity index (χ2n) is 11.9. The average molecular weight is 485 g/mol. The third kappa shape index (κ3) is 6.43. The zero-order valence-corrected chi connectivity index (χ0v) is 23.5. The molecule has 0 saturated carbocycles. The van der Waals surface area contributed by atoms with Crippen molar-refractivity contribution in [2.24, 2.45) is 0 Å². The van der Waals surface area contributed by atoms with Crippen LogP contribution in [0.4, 0.5) is 0 Å². The van der Waals surface area contributed by atoms with Crippen molar-refractivity contribution in [2.75, 3.05) is 6.61 Å². The third-order valence-corrected chi connectivity index (χ3v) is 16.3. The molecule has 1 heterocycles. The molecule has 0 spiro atoms. The fourth-order valence-corrected chi connectivity index (χ4v) is 5.28. The van der Waals surface area contributed by atoms with Crippen molar-refractivity contribution in [1.82, 2.24) is 0 Å². The number of hydrogen-bond donors (Lipinski definition) is 2. The van der Waals surface area contributed by atoms with E-state index in [4.69, 9.17) is 18.3 Å². The minimum Gasteiger partial charge on any atom is -0.462 e. The van der Waals surface area contributed by atoms with Crippen LogP contribution in [-0.4, -0.2) is 64.2 Å². The third-order valence-electron chi connectivity index (χ3n) is 7.29. The highest BCUT2D eigenvalue weighted by molar-refractivity contribution is 6.74. The van der Waals surface area contributed by atoms with Crippen molar-refractivity contribution in [1.29, 1.82) is 0 Å². The van der Waals surface area contributed by atoms with Crippen LogP contribution >= 0.6 is 0 Å². The summed E-state index contributed by atoms with van der Waals surface area (Å²) in [5, 5.41) is 21.9. The summed E-state index contributed by atoms with van der Waals surface area (Å²) in [6.45, 7) is 21.9. The summed E-state index contributed by atoms with van der Waals surface area (Å²) in [7, 11) is -4.31. The molecule has 0 amide bonds. The molecule has 32 heavy (non-hydrogen) atoms. The summed E-state index contributed by atoms with van der Waals surface area (Å²) in [4.78, 5) is 0. The van der Waals surface area contributed by atoms with E-state index in [0.29, 0.717) is 5.75 Å².